The number of sulfone groups is 1. The topological polar surface area (TPSA) is 63.6 Å². The van der Waals surface area contributed by atoms with Crippen molar-refractivity contribution in [3.63, 3.8) is 0 Å². The molecule has 19 heavy (non-hydrogen) atoms. The normalized spacial score (nSPS) is 14.3. The third kappa shape index (κ3) is 2.77. The Bertz CT molecular complexity index is 573. The van der Waals surface area contributed by atoms with E-state index in [0.717, 1.165) is 17.4 Å². The van der Waals surface area contributed by atoms with E-state index in [2.05, 4.69) is 0 Å². The first-order valence-electron chi connectivity index (χ1n) is 6.05. The second kappa shape index (κ2) is 5.13. The molecule has 0 radical (unpaired) electrons. The van der Waals surface area contributed by atoms with E-state index in [4.69, 9.17) is 4.74 Å². The molecule has 5 heteroatoms. The molecule has 0 saturated heterocycles. The number of benzene rings is 1. The van der Waals surface area contributed by atoms with Gasteiger partial charge >= 0.3 is 0 Å². The van der Waals surface area contributed by atoms with Crippen LogP contribution in [0.2, 0.25) is 0 Å². The highest BCUT2D eigenvalue weighted by molar-refractivity contribution is 7.92. The first kappa shape index (κ1) is 16.0. The number of aliphatic hydroxyl groups excluding tert-OH is 1. The van der Waals surface area contributed by atoms with Gasteiger partial charge in [-0.05, 0) is 38.8 Å². The van der Waals surface area contributed by atoms with Crippen molar-refractivity contribution in [2.75, 3.05) is 13.4 Å². The van der Waals surface area contributed by atoms with Crippen LogP contribution in [-0.2, 0) is 9.84 Å². The summed E-state index contributed by atoms with van der Waals surface area (Å²) < 4.78 is 27.7. The maximum Gasteiger partial charge on any atom is 0.155 e. The molecule has 0 spiro atoms. The second-order valence-corrected chi connectivity index (χ2v) is 8.00. The lowest BCUT2D eigenvalue weighted by Gasteiger charge is -2.30. The van der Waals surface area contributed by atoms with Crippen LogP contribution >= 0.6 is 0 Å². The van der Waals surface area contributed by atoms with Crippen LogP contribution < -0.4 is 4.74 Å². The maximum atomic E-state index is 11.8. The minimum absolute atomic E-state index is 0.501. The van der Waals surface area contributed by atoms with Crippen LogP contribution in [0.3, 0.4) is 0 Å². The van der Waals surface area contributed by atoms with E-state index in [1.54, 1.807) is 6.07 Å². The summed E-state index contributed by atoms with van der Waals surface area (Å²) in [7, 11) is -1.88. The SMILES string of the molecule is COc1c(C(O)C(C)(C)S(C)(=O)=O)ccc(C)c1C. The molecule has 0 aromatic heterocycles. The zero-order valence-corrected chi connectivity index (χ0v) is 13.1. The van der Waals surface area contributed by atoms with Crippen LogP contribution in [0, 0.1) is 13.8 Å². The van der Waals surface area contributed by atoms with E-state index >= 15 is 0 Å². The molecule has 1 N–H and O–H groups in total. The van der Waals surface area contributed by atoms with Crippen molar-refractivity contribution in [3.05, 3.63) is 28.8 Å². The molecule has 0 heterocycles. The smallest absolute Gasteiger partial charge is 0.155 e. The van der Waals surface area contributed by atoms with Crippen molar-refractivity contribution in [3.8, 4) is 5.75 Å². The van der Waals surface area contributed by atoms with E-state index < -0.39 is 20.7 Å². The molecule has 0 fully saturated rings. The van der Waals surface area contributed by atoms with E-state index in [9.17, 15) is 13.5 Å². The highest BCUT2D eigenvalue weighted by Gasteiger charge is 2.40. The summed E-state index contributed by atoms with van der Waals surface area (Å²) in [6.45, 7) is 6.86. The van der Waals surface area contributed by atoms with Gasteiger partial charge in [-0.3, -0.25) is 0 Å². The van der Waals surface area contributed by atoms with Gasteiger partial charge in [0.2, 0.25) is 0 Å². The van der Waals surface area contributed by atoms with Gasteiger partial charge in [-0.1, -0.05) is 12.1 Å². The Morgan fingerprint density at radius 1 is 1.26 bits per heavy atom. The quantitative estimate of drug-likeness (QED) is 0.921. The van der Waals surface area contributed by atoms with Gasteiger partial charge in [0, 0.05) is 11.8 Å². The van der Waals surface area contributed by atoms with Crippen molar-refractivity contribution < 1.29 is 18.3 Å². The molecule has 1 unspecified atom stereocenters. The molecule has 0 aliphatic carbocycles. The summed E-state index contributed by atoms with van der Waals surface area (Å²) in [5.41, 5.74) is 2.44. The minimum atomic E-state index is -3.40. The average Bonchev–Trinajstić information content (AvgIpc) is 2.30. The fourth-order valence-corrected chi connectivity index (χ4v) is 2.41. The van der Waals surface area contributed by atoms with Crippen molar-refractivity contribution in [2.45, 2.75) is 38.5 Å². The fraction of sp³-hybridized carbons (Fsp3) is 0.571. The maximum absolute atomic E-state index is 11.8. The number of hydrogen-bond donors (Lipinski definition) is 1. The lowest BCUT2D eigenvalue weighted by atomic mass is 9.94. The van der Waals surface area contributed by atoms with Crippen molar-refractivity contribution >= 4 is 9.84 Å². The van der Waals surface area contributed by atoms with Gasteiger partial charge in [-0.25, -0.2) is 8.42 Å². The Kier molecular flexibility index (Phi) is 4.32. The van der Waals surface area contributed by atoms with Crippen molar-refractivity contribution in [1.82, 2.24) is 0 Å². The predicted molar refractivity (Wildman–Crippen MR) is 76.4 cm³/mol. The molecule has 0 aliphatic heterocycles. The fourth-order valence-electron chi connectivity index (χ4n) is 1.87. The van der Waals surface area contributed by atoms with E-state index in [1.165, 1.54) is 21.0 Å². The van der Waals surface area contributed by atoms with Gasteiger partial charge in [0.05, 0.1) is 11.9 Å². The van der Waals surface area contributed by atoms with Gasteiger partial charge in [-0.2, -0.15) is 0 Å². The van der Waals surface area contributed by atoms with Gasteiger partial charge in [-0.15, -0.1) is 0 Å². The summed E-state index contributed by atoms with van der Waals surface area (Å²) in [6.07, 6.45) is -0.0132. The molecule has 1 atom stereocenters. The van der Waals surface area contributed by atoms with Crippen molar-refractivity contribution in [1.29, 1.82) is 0 Å². The predicted octanol–water partition coefficient (Wildman–Crippen LogP) is 2.17. The number of rotatable bonds is 4. The second-order valence-electron chi connectivity index (χ2n) is 5.41. The largest absolute Gasteiger partial charge is 0.496 e. The molecule has 1 aromatic carbocycles. The Morgan fingerprint density at radius 3 is 2.21 bits per heavy atom. The monoisotopic (exact) mass is 286 g/mol. The van der Waals surface area contributed by atoms with Crippen LogP contribution in [0.5, 0.6) is 5.75 Å². The summed E-state index contributed by atoms with van der Waals surface area (Å²) in [5, 5.41) is 10.5. The summed E-state index contributed by atoms with van der Waals surface area (Å²) in [6, 6.07) is 3.58. The highest BCUT2D eigenvalue weighted by atomic mass is 32.2. The number of aliphatic hydroxyl groups is 1. The van der Waals surface area contributed by atoms with Gasteiger partial charge < -0.3 is 9.84 Å². The minimum Gasteiger partial charge on any atom is -0.496 e. The molecule has 108 valence electrons. The highest BCUT2D eigenvalue weighted by Crippen LogP contribution is 2.38. The molecule has 0 bridgehead atoms. The summed E-state index contributed by atoms with van der Waals surface area (Å²) in [4.78, 5) is 0. The third-order valence-corrected chi connectivity index (χ3v) is 5.95. The van der Waals surface area contributed by atoms with E-state index in [0.29, 0.717) is 11.3 Å². The van der Waals surface area contributed by atoms with Crippen LogP contribution in [0.15, 0.2) is 12.1 Å². The van der Waals surface area contributed by atoms with Gasteiger partial charge in [0.1, 0.15) is 11.9 Å². The average molecular weight is 286 g/mol. The Hall–Kier alpha value is -1.07. The number of methoxy groups -OCH3 is 1. The molecule has 1 aromatic rings. The molecule has 0 amide bonds. The first-order chi connectivity index (χ1) is 8.54. The number of hydrogen-bond acceptors (Lipinski definition) is 4. The standard InChI is InChI=1S/C14H22O4S/c1-9-7-8-11(12(18-5)10(9)2)13(15)14(3,4)19(6,16)17/h7-8,13,15H,1-6H3. The van der Waals surface area contributed by atoms with Crippen LogP contribution in [-0.4, -0.2) is 31.6 Å². The van der Waals surface area contributed by atoms with Crippen LogP contribution in [0.1, 0.15) is 36.6 Å². The number of ether oxygens (including phenoxy) is 1. The Balaban J connectivity index is 3.44. The zero-order valence-electron chi connectivity index (χ0n) is 12.3. The molecular formula is C14H22O4S. The molecule has 4 nitrogen and oxygen atoms in total. The van der Waals surface area contributed by atoms with E-state index in [1.807, 2.05) is 19.9 Å². The molecule has 0 saturated carbocycles. The van der Waals surface area contributed by atoms with Gasteiger partial charge in [0.15, 0.2) is 9.84 Å². The Labute approximate surface area is 115 Å². The first-order valence-corrected chi connectivity index (χ1v) is 7.95. The molecule has 1 rings (SSSR count). The summed E-state index contributed by atoms with van der Waals surface area (Å²) >= 11 is 0. The lowest BCUT2D eigenvalue weighted by molar-refractivity contribution is 0.136. The van der Waals surface area contributed by atoms with Crippen molar-refractivity contribution in [2.24, 2.45) is 0 Å². The van der Waals surface area contributed by atoms with Crippen LogP contribution in [0.4, 0.5) is 0 Å². The third-order valence-electron chi connectivity index (χ3n) is 3.82. The lowest BCUT2D eigenvalue weighted by Crippen LogP contribution is -2.38. The zero-order chi connectivity index (χ0) is 15.0. The molecular weight excluding hydrogens is 264 g/mol. The Morgan fingerprint density at radius 2 is 1.79 bits per heavy atom. The van der Waals surface area contributed by atoms with Crippen LogP contribution in [0.25, 0.3) is 0 Å². The molecule has 0 aliphatic rings. The number of aryl methyl sites for hydroxylation is 1. The summed E-state index contributed by atoms with van der Waals surface area (Å²) in [5.74, 6) is 0.546. The van der Waals surface area contributed by atoms with Gasteiger partial charge in [0.25, 0.3) is 0 Å². The van der Waals surface area contributed by atoms with E-state index in [-0.39, 0.29) is 0 Å².